The van der Waals surface area contributed by atoms with E-state index in [1.807, 2.05) is 25.1 Å². The van der Waals surface area contributed by atoms with Crippen molar-refractivity contribution in [2.75, 3.05) is 0 Å². The summed E-state index contributed by atoms with van der Waals surface area (Å²) in [6, 6.07) is 12.1. The Morgan fingerprint density at radius 2 is 1.82 bits per heavy atom. The fourth-order valence-corrected chi connectivity index (χ4v) is 1.99. The van der Waals surface area contributed by atoms with Gasteiger partial charge in [0.1, 0.15) is 18.2 Å². The lowest BCUT2D eigenvalue weighted by atomic mass is 10.1. The van der Waals surface area contributed by atoms with Gasteiger partial charge < -0.3 is 4.74 Å². The zero-order valence-corrected chi connectivity index (χ0v) is 11.0. The van der Waals surface area contributed by atoms with Gasteiger partial charge in [0.25, 0.3) is 0 Å². The van der Waals surface area contributed by atoms with Gasteiger partial charge in [-0.2, -0.15) is 0 Å². The lowest BCUT2D eigenvalue weighted by Gasteiger charge is -2.09. The van der Waals surface area contributed by atoms with E-state index in [1.54, 1.807) is 12.1 Å². The molecule has 0 atom stereocenters. The summed E-state index contributed by atoms with van der Waals surface area (Å²) < 4.78 is 19.3. The van der Waals surface area contributed by atoms with Gasteiger partial charge in [-0.1, -0.05) is 22.0 Å². The summed E-state index contributed by atoms with van der Waals surface area (Å²) in [6.45, 7) is 2.53. The molecular weight excluding hydrogens is 283 g/mol. The number of hydrogen-bond acceptors (Lipinski definition) is 1. The Morgan fingerprint density at radius 3 is 2.47 bits per heavy atom. The predicted octanol–water partition coefficient (Wildman–Crippen LogP) is 4.48. The summed E-state index contributed by atoms with van der Waals surface area (Å²) in [6.07, 6.45) is 0. The molecule has 2 aromatic rings. The lowest BCUT2D eigenvalue weighted by molar-refractivity contribution is 0.305. The van der Waals surface area contributed by atoms with Crippen molar-refractivity contribution in [3.63, 3.8) is 0 Å². The van der Waals surface area contributed by atoms with Crippen LogP contribution in [0.2, 0.25) is 0 Å². The van der Waals surface area contributed by atoms with Crippen molar-refractivity contribution in [2.45, 2.75) is 13.5 Å². The molecule has 0 N–H and O–H groups in total. The average molecular weight is 295 g/mol. The van der Waals surface area contributed by atoms with Crippen molar-refractivity contribution in [3.8, 4) is 5.75 Å². The highest BCUT2D eigenvalue weighted by atomic mass is 79.9. The molecular formula is C14H12BrFO. The molecule has 0 fully saturated rings. The molecule has 0 saturated carbocycles. The van der Waals surface area contributed by atoms with Crippen LogP contribution in [0.4, 0.5) is 4.39 Å². The molecule has 88 valence electrons. The van der Waals surface area contributed by atoms with Gasteiger partial charge in [0.15, 0.2) is 0 Å². The normalized spacial score (nSPS) is 10.3. The molecule has 0 aliphatic heterocycles. The molecule has 17 heavy (non-hydrogen) atoms. The molecule has 0 aliphatic carbocycles. The van der Waals surface area contributed by atoms with Crippen LogP contribution >= 0.6 is 15.9 Å². The summed E-state index contributed by atoms with van der Waals surface area (Å²) in [5, 5.41) is 0. The van der Waals surface area contributed by atoms with E-state index in [0.717, 1.165) is 10.0 Å². The van der Waals surface area contributed by atoms with E-state index in [2.05, 4.69) is 15.9 Å². The number of ether oxygens (including phenoxy) is 1. The fraction of sp³-hybridized carbons (Fsp3) is 0.143. The van der Waals surface area contributed by atoms with E-state index in [4.69, 9.17) is 4.74 Å². The molecule has 1 nitrogen and oxygen atoms in total. The molecule has 2 aromatic carbocycles. The first-order valence-electron chi connectivity index (χ1n) is 5.28. The third-order valence-corrected chi connectivity index (χ3v) is 3.01. The maximum Gasteiger partial charge on any atom is 0.123 e. The van der Waals surface area contributed by atoms with Crippen LogP contribution in [0.5, 0.6) is 5.75 Å². The summed E-state index contributed by atoms with van der Waals surface area (Å²) in [5.74, 6) is 0.422. The Labute approximate surface area is 108 Å². The Kier molecular flexibility index (Phi) is 3.79. The monoisotopic (exact) mass is 294 g/mol. The largest absolute Gasteiger partial charge is 0.489 e. The van der Waals surface area contributed by atoms with Crippen LogP contribution in [-0.4, -0.2) is 0 Å². The molecule has 0 bridgehead atoms. The summed E-state index contributed by atoms with van der Waals surface area (Å²) in [5.41, 5.74) is 2.29. The van der Waals surface area contributed by atoms with Crippen LogP contribution < -0.4 is 4.74 Å². The van der Waals surface area contributed by atoms with Crippen molar-refractivity contribution in [2.24, 2.45) is 0 Å². The van der Waals surface area contributed by atoms with Crippen molar-refractivity contribution in [1.29, 1.82) is 0 Å². The van der Waals surface area contributed by atoms with Crippen molar-refractivity contribution in [1.82, 2.24) is 0 Å². The lowest BCUT2D eigenvalue weighted by Crippen LogP contribution is -1.97. The minimum atomic E-state index is -0.253. The molecule has 2 rings (SSSR count). The Bertz CT molecular complexity index is 508. The van der Waals surface area contributed by atoms with E-state index in [0.29, 0.717) is 12.4 Å². The molecule has 3 heteroatoms. The second-order valence-corrected chi connectivity index (χ2v) is 4.73. The highest BCUT2D eigenvalue weighted by Crippen LogP contribution is 2.18. The zero-order chi connectivity index (χ0) is 12.3. The quantitative estimate of drug-likeness (QED) is 0.811. The Morgan fingerprint density at radius 1 is 1.12 bits per heavy atom. The van der Waals surface area contributed by atoms with Crippen molar-refractivity contribution < 1.29 is 9.13 Å². The second-order valence-electron chi connectivity index (χ2n) is 3.81. The van der Waals surface area contributed by atoms with Crippen LogP contribution in [-0.2, 0) is 6.61 Å². The Balaban J connectivity index is 2.04. The van der Waals surface area contributed by atoms with Crippen LogP contribution in [0, 0.1) is 12.7 Å². The summed E-state index contributed by atoms with van der Waals surface area (Å²) in [7, 11) is 0. The molecule has 0 heterocycles. The third kappa shape index (κ3) is 3.30. The molecule has 0 amide bonds. The number of rotatable bonds is 3. The first kappa shape index (κ1) is 12.1. The van der Waals surface area contributed by atoms with Crippen molar-refractivity contribution >= 4 is 15.9 Å². The van der Waals surface area contributed by atoms with Gasteiger partial charge in [-0.25, -0.2) is 4.39 Å². The van der Waals surface area contributed by atoms with Crippen LogP contribution in [0.3, 0.4) is 0 Å². The Hall–Kier alpha value is -1.35. The molecule has 0 saturated heterocycles. The van der Waals surface area contributed by atoms with E-state index in [1.165, 1.54) is 17.7 Å². The van der Waals surface area contributed by atoms with Crippen LogP contribution in [0.1, 0.15) is 11.1 Å². The fourth-order valence-electron chi connectivity index (χ4n) is 1.51. The van der Waals surface area contributed by atoms with E-state index in [-0.39, 0.29) is 5.82 Å². The number of halogens is 2. The second kappa shape index (κ2) is 5.32. The highest BCUT2D eigenvalue weighted by Gasteiger charge is 2.00. The maximum atomic E-state index is 12.7. The third-order valence-electron chi connectivity index (χ3n) is 2.51. The number of benzene rings is 2. The number of hydrogen-bond donors (Lipinski definition) is 0. The average Bonchev–Trinajstić information content (AvgIpc) is 2.30. The first-order valence-corrected chi connectivity index (χ1v) is 6.08. The zero-order valence-electron chi connectivity index (χ0n) is 9.41. The van der Waals surface area contributed by atoms with Gasteiger partial charge >= 0.3 is 0 Å². The first-order chi connectivity index (χ1) is 8.15. The number of aryl methyl sites for hydroxylation is 1. The van der Waals surface area contributed by atoms with Gasteiger partial charge in [-0.3, -0.25) is 0 Å². The molecule has 0 aliphatic rings. The van der Waals surface area contributed by atoms with Crippen molar-refractivity contribution in [3.05, 3.63) is 63.9 Å². The highest BCUT2D eigenvalue weighted by molar-refractivity contribution is 9.10. The smallest absolute Gasteiger partial charge is 0.123 e. The van der Waals surface area contributed by atoms with Gasteiger partial charge in [0.2, 0.25) is 0 Å². The van der Waals surface area contributed by atoms with Gasteiger partial charge in [0.05, 0.1) is 0 Å². The molecule has 0 radical (unpaired) electrons. The van der Waals surface area contributed by atoms with Crippen LogP contribution in [0.25, 0.3) is 0 Å². The van der Waals surface area contributed by atoms with E-state index < -0.39 is 0 Å². The summed E-state index contributed by atoms with van der Waals surface area (Å²) >= 11 is 3.42. The minimum Gasteiger partial charge on any atom is -0.489 e. The standard InChI is InChI=1S/C14H12BrFO/c1-10-8-12(15)3-2-11(10)9-17-14-6-4-13(16)5-7-14/h2-8H,9H2,1H3. The van der Waals surface area contributed by atoms with E-state index in [9.17, 15) is 4.39 Å². The molecule has 0 unspecified atom stereocenters. The van der Waals surface area contributed by atoms with E-state index >= 15 is 0 Å². The molecule has 0 aromatic heterocycles. The van der Waals surface area contributed by atoms with Gasteiger partial charge in [-0.05, 0) is 54.4 Å². The van der Waals surface area contributed by atoms with Crippen LogP contribution in [0.15, 0.2) is 46.9 Å². The minimum absolute atomic E-state index is 0.253. The maximum absolute atomic E-state index is 12.7. The van der Waals surface area contributed by atoms with Gasteiger partial charge in [-0.15, -0.1) is 0 Å². The predicted molar refractivity (Wildman–Crippen MR) is 69.6 cm³/mol. The topological polar surface area (TPSA) is 9.23 Å². The SMILES string of the molecule is Cc1cc(Br)ccc1COc1ccc(F)cc1. The molecule has 0 spiro atoms. The van der Waals surface area contributed by atoms with Gasteiger partial charge in [0, 0.05) is 4.47 Å². The summed E-state index contributed by atoms with van der Waals surface area (Å²) in [4.78, 5) is 0.